The number of amides is 1. The van der Waals surface area contributed by atoms with Crippen molar-refractivity contribution in [2.75, 3.05) is 0 Å². The van der Waals surface area contributed by atoms with Gasteiger partial charge < -0.3 is 5.73 Å². The van der Waals surface area contributed by atoms with Gasteiger partial charge in [-0.05, 0) is 12.8 Å². The summed E-state index contributed by atoms with van der Waals surface area (Å²) in [5.74, 6) is -0.391. The predicted octanol–water partition coefficient (Wildman–Crippen LogP) is 2.94. The molecule has 0 rings (SSSR count). The van der Waals surface area contributed by atoms with E-state index < -0.39 is 5.91 Å². The molecule has 0 aliphatic heterocycles. The van der Waals surface area contributed by atoms with E-state index in [4.69, 9.17) is 5.73 Å². The number of carbonyl (C=O) groups excluding carboxylic acids is 1. The fourth-order valence-electron chi connectivity index (χ4n) is 1.19. The topological polar surface area (TPSA) is 43.1 Å². The fourth-order valence-corrected chi connectivity index (χ4v) is 1.19. The van der Waals surface area contributed by atoms with Crippen LogP contribution < -0.4 is 5.73 Å². The Balaban J connectivity index is 3.23. The van der Waals surface area contributed by atoms with E-state index in [2.05, 4.69) is 13.0 Å². The number of primary amides is 1. The van der Waals surface area contributed by atoms with Crippen LogP contribution in [0.15, 0.2) is 24.3 Å². The standard InChI is InChI=1S/C12H21NO/c1-2-3-4-5-6-7-8-9-10-11-12(13)14/h8-11H,2-7H2,1H3,(H2,13,14). The molecule has 0 aromatic carbocycles. The van der Waals surface area contributed by atoms with E-state index in [0.29, 0.717) is 0 Å². The van der Waals surface area contributed by atoms with E-state index in [9.17, 15) is 4.79 Å². The van der Waals surface area contributed by atoms with Crippen LogP contribution in [0, 0.1) is 0 Å². The molecule has 0 saturated carbocycles. The smallest absolute Gasteiger partial charge is 0.241 e. The number of rotatable bonds is 8. The summed E-state index contributed by atoms with van der Waals surface area (Å²) in [4.78, 5) is 10.3. The van der Waals surface area contributed by atoms with Gasteiger partial charge in [0.2, 0.25) is 5.91 Å². The van der Waals surface area contributed by atoms with Crippen molar-refractivity contribution >= 4 is 5.91 Å². The monoisotopic (exact) mass is 195 g/mol. The SMILES string of the molecule is CCCCCCCC=CC=CC(N)=O. The molecule has 0 unspecified atom stereocenters. The maximum atomic E-state index is 10.3. The van der Waals surface area contributed by atoms with Gasteiger partial charge in [0.05, 0.1) is 0 Å². The van der Waals surface area contributed by atoms with Gasteiger partial charge in [-0.15, -0.1) is 0 Å². The van der Waals surface area contributed by atoms with Gasteiger partial charge in [-0.3, -0.25) is 4.79 Å². The summed E-state index contributed by atoms with van der Waals surface area (Å²) in [6.07, 6.45) is 14.6. The Morgan fingerprint density at radius 1 is 1.14 bits per heavy atom. The van der Waals surface area contributed by atoms with Crippen LogP contribution in [-0.4, -0.2) is 5.91 Å². The van der Waals surface area contributed by atoms with Crippen LogP contribution in [-0.2, 0) is 4.79 Å². The Bertz CT molecular complexity index is 194. The first-order valence-corrected chi connectivity index (χ1v) is 5.40. The Morgan fingerprint density at radius 3 is 2.50 bits per heavy atom. The highest BCUT2D eigenvalue weighted by Gasteiger charge is 1.85. The second-order valence-corrected chi connectivity index (χ2v) is 3.39. The Kier molecular flexibility index (Phi) is 9.28. The van der Waals surface area contributed by atoms with E-state index in [0.717, 1.165) is 6.42 Å². The molecule has 0 bridgehead atoms. The summed E-state index contributed by atoms with van der Waals surface area (Å²) in [6, 6.07) is 0. The molecule has 0 atom stereocenters. The number of unbranched alkanes of at least 4 members (excludes halogenated alkanes) is 5. The zero-order chi connectivity index (χ0) is 10.6. The van der Waals surface area contributed by atoms with Crippen molar-refractivity contribution in [2.45, 2.75) is 45.4 Å². The molecule has 0 aliphatic rings. The molecule has 0 heterocycles. The third kappa shape index (κ3) is 11.0. The van der Waals surface area contributed by atoms with Crippen LogP contribution >= 0.6 is 0 Å². The van der Waals surface area contributed by atoms with E-state index >= 15 is 0 Å². The average molecular weight is 195 g/mol. The zero-order valence-corrected chi connectivity index (χ0v) is 9.04. The zero-order valence-electron chi connectivity index (χ0n) is 9.04. The minimum absolute atomic E-state index is 0.391. The molecule has 0 saturated heterocycles. The molecule has 0 fully saturated rings. The van der Waals surface area contributed by atoms with E-state index in [1.165, 1.54) is 38.2 Å². The van der Waals surface area contributed by atoms with Crippen molar-refractivity contribution in [1.82, 2.24) is 0 Å². The number of hydrogen-bond donors (Lipinski definition) is 1. The fraction of sp³-hybridized carbons (Fsp3) is 0.583. The molecule has 14 heavy (non-hydrogen) atoms. The van der Waals surface area contributed by atoms with Gasteiger partial charge in [-0.1, -0.05) is 50.8 Å². The first-order chi connectivity index (χ1) is 6.77. The third-order valence-corrected chi connectivity index (χ3v) is 1.98. The first kappa shape index (κ1) is 12.9. The maximum Gasteiger partial charge on any atom is 0.241 e. The number of carbonyl (C=O) groups is 1. The number of nitrogens with two attached hydrogens (primary N) is 1. The van der Waals surface area contributed by atoms with E-state index in [-0.39, 0.29) is 0 Å². The van der Waals surface area contributed by atoms with Gasteiger partial charge in [0.25, 0.3) is 0 Å². The summed E-state index contributed by atoms with van der Waals surface area (Å²) in [5.41, 5.74) is 4.93. The minimum atomic E-state index is -0.391. The molecule has 0 radical (unpaired) electrons. The Morgan fingerprint density at radius 2 is 1.86 bits per heavy atom. The van der Waals surface area contributed by atoms with Gasteiger partial charge in [0, 0.05) is 6.08 Å². The molecule has 0 aromatic heterocycles. The molecule has 80 valence electrons. The van der Waals surface area contributed by atoms with Crippen LogP contribution in [0.1, 0.15) is 45.4 Å². The van der Waals surface area contributed by atoms with Crippen molar-refractivity contribution in [3.8, 4) is 0 Å². The molecule has 2 heteroatoms. The van der Waals surface area contributed by atoms with E-state index in [1.807, 2.05) is 6.08 Å². The summed E-state index contributed by atoms with van der Waals surface area (Å²) in [5, 5.41) is 0. The largest absolute Gasteiger partial charge is 0.366 e. The van der Waals surface area contributed by atoms with Crippen molar-refractivity contribution in [3.05, 3.63) is 24.3 Å². The van der Waals surface area contributed by atoms with Crippen molar-refractivity contribution in [3.63, 3.8) is 0 Å². The lowest BCUT2D eigenvalue weighted by Crippen LogP contribution is -2.04. The number of allylic oxidation sites excluding steroid dienone is 3. The summed E-state index contributed by atoms with van der Waals surface area (Å²) < 4.78 is 0. The van der Waals surface area contributed by atoms with Gasteiger partial charge in [-0.2, -0.15) is 0 Å². The third-order valence-electron chi connectivity index (χ3n) is 1.98. The average Bonchev–Trinajstić information content (AvgIpc) is 2.15. The van der Waals surface area contributed by atoms with Crippen LogP contribution in [0.2, 0.25) is 0 Å². The summed E-state index contributed by atoms with van der Waals surface area (Å²) in [6.45, 7) is 2.22. The van der Waals surface area contributed by atoms with Crippen molar-refractivity contribution in [2.24, 2.45) is 5.73 Å². The van der Waals surface area contributed by atoms with Crippen LogP contribution in [0.4, 0.5) is 0 Å². The maximum absolute atomic E-state index is 10.3. The van der Waals surface area contributed by atoms with E-state index in [1.54, 1.807) is 6.08 Å². The Hall–Kier alpha value is -1.05. The van der Waals surface area contributed by atoms with Crippen molar-refractivity contribution < 1.29 is 4.79 Å². The minimum Gasteiger partial charge on any atom is -0.366 e. The second-order valence-electron chi connectivity index (χ2n) is 3.39. The molecule has 0 aliphatic carbocycles. The molecule has 1 amide bonds. The lowest BCUT2D eigenvalue weighted by Gasteiger charge is -1.95. The van der Waals surface area contributed by atoms with Crippen LogP contribution in [0.25, 0.3) is 0 Å². The molecule has 0 spiro atoms. The predicted molar refractivity (Wildman–Crippen MR) is 60.9 cm³/mol. The van der Waals surface area contributed by atoms with Crippen LogP contribution in [0.3, 0.4) is 0 Å². The molecular weight excluding hydrogens is 174 g/mol. The quantitative estimate of drug-likeness (QED) is 0.361. The second kappa shape index (κ2) is 10.0. The first-order valence-electron chi connectivity index (χ1n) is 5.40. The summed E-state index contributed by atoms with van der Waals surface area (Å²) >= 11 is 0. The van der Waals surface area contributed by atoms with Gasteiger partial charge in [0.1, 0.15) is 0 Å². The summed E-state index contributed by atoms with van der Waals surface area (Å²) in [7, 11) is 0. The highest BCUT2D eigenvalue weighted by molar-refractivity contribution is 5.85. The van der Waals surface area contributed by atoms with Gasteiger partial charge >= 0.3 is 0 Å². The lowest BCUT2D eigenvalue weighted by molar-refractivity contribution is -0.113. The number of hydrogen-bond acceptors (Lipinski definition) is 1. The molecular formula is C12H21NO. The normalized spacial score (nSPS) is 11.5. The molecule has 2 nitrogen and oxygen atoms in total. The van der Waals surface area contributed by atoms with Crippen LogP contribution in [0.5, 0.6) is 0 Å². The lowest BCUT2D eigenvalue weighted by atomic mass is 10.1. The highest BCUT2D eigenvalue weighted by atomic mass is 16.1. The highest BCUT2D eigenvalue weighted by Crippen LogP contribution is 2.05. The molecule has 2 N–H and O–H groups in total. The van der Waals surface area contributed by atoms with Crippen molar-refractivity contribution in [1.29, 1.82) is 0 Å². The Labute approximate surface area is 86.9 Å². The van der Waals surface area contributed by atoms with Gasteiger partial charge in [0.15, 0.2) is 0 Å². The molecule has 0 aromatic rings. The van der Waals surface area contributed by atoms with Gasteiger partial charge in [-0.25, -0.2) is 0 Å².